The van der Waals surface area contributed by atoms with Crippen LogP contribution in [0.15, 0.2) is 54.6 Å². The molecule has 2 aromatic rings. The van der Waals surface area contributed by atoms with Gasteiger partial charge in [0.1, 0.15) is 0 Å². The van der Waals surface area contributed by atoms with Gasteiger partial charge in [0.15, 0.2) is 0 Å². The van der Waals surface area contributed by atoms with E-state index in [9.17, 15) is 9.59 Å². The van der Waals surface area contributed by atoms with Crippen molar-refractivity contribution in [1.82, 2.24) is 10.9 Å². The first-order chi connectivity index (χ1) is 10.6. The molecular formula is C17H19N3O2. The van der Waals surface area contributed by atoms with Crippen LogP contribution in [0.3, 0.4) is 0 Å². The SMILES string of the molecule is CN(C)c1cccc(C(=O)NNC(=O)Cc2ccccc2)c1. The van der Waals surface area contributed by atoms with E-state index in [-0.39, 0.29) is 18.2 Å². The largest absolute Gasteiger partial charge is 0.378 e. The smallest absolute Gasteiger partial charge is 0.269 e. The van der Waals surface area contributed by atoms with Crippen molar-refractivity contribution in [3.05, 3.63) is 65.7 Å². The molecule has 0 saturated carbocycles. The van der Waals surface area contributed by atoms with Gasteiger partial charge >= 0.3 is 0 Å². The van der Waals surface area contributed by atoms with Gasteiger partial charge in [0.2, 0.25) is 5.91 Å². The van der Waals surface area contributed by atoms with Crippen LogP contribution in [0.1, 0.15) is 15.9 Å². The van der Waals surface area contributed by atoms with Crippen LogP contribution >= 0.6 is 0 Å². The molecule has 2 aromatic carbocycles. The molecule has 22 heavy (non-hydrogen) atoms. The molecule has 0 saturated heterocycles. The van der Waals surface area contributed by atoms with Crippen molar-refractivity contribution in [2.24, 2.45) is 0 Å². The van der Waals surface area contributed by atoms with Gasteiger partial charge in [-0.3, -0.25) is 20.4 Å². The van der Waals surface area contributed by atoms with Crippen molar-refractivity contribution in [3.63, 3.8) is 0 Å². The molecular weight excluding hydrogens is 278 g/mol. The molecule has 5 heteroatoms. The lowest BCUT2D eigenvalue weighted by Gasteiger charge is -2.13. The van der Waals surface area contributed by atoms with E-state index in [2.05, 4.69) is 10.9 Å². The highest BCUT2D eigenvalue weighted by Gasteiger charge is 2.09. The van der Waals surface area contributed by atoms with Crippen molar-refractivity contribution in [2.75, 3.05) is 19.0 Å². The molecule has 5 nitrogen and oxygen atoms in total. The van der Waals surface area contributed by atoms with E-state index in [0.29, 0.717) is 5.56 Å². The molecule has 0 aliphatic heterocycles. The second kappa shape index (κ2) is 7.26. The predicted octanol–water partition coefficient (Wildman–Crippen LogP) is 1.76. The highest BCUT2D eigenvalue weighted by Crippen LogP contribution is 2.12. The molecule has 0 radical (unpaired) electrons. The van der Waals surface area contributed by atoms with Gasteiger partial charge in [-0.15, -0.1) is 0 Å². The number of hydrogen-bond donors (Lipinski definition) is 2. The Hall–Kier alpha value is -2.82. The quantitative estimate of drug-likeness (QED) is 0.845. The summed E-state index contributed by atoms with van der Waals surface area (Å²) in [5.74, 6) is -0.603. The van der Waals surface area contributed by atoms with Crippen LogP contribution in [-0.4, -0.2) is 25.9 Å². The number of hydrogen-bond acceptors (Lipinski definition) is 3. The molecule has 0 heterocycles. The third kappa shape index (κ3) is 4.34. The average molecular weight is 297 g/mol. The molecule has 2 rings (SSSR count). The highest BCUT2D eigenvalue weighted by atomic mass is 16.2. The van der Waals surface area contributed by atoms with Gasteiger partial charge in [-0.1, -0.05) is 36.4 Å². The average Bonchev–Trinajstić information content (AvgIpc) is 2.53. The zero-order valence-electron chi connectivity index (χ0n) is 12.7. The van der Waals surface area contributed by atoms with Gasteiger partial charge in [0.25, 0.3) is 5.91 Å². The summed E-state index contributed by atoms with van der Waals surface area (Å²) in [5, 5.41) is 0. The number of hydrazine groups is 1. The predicted molar refractivity (Wildman–Crippen MR) is 86.5 cm³/mol. The van der Waals surface area contributed by atoms with Crippen LogP contribution in [0, 0.1) is 0 Å². The fourth-order valence-corrected chi connectivity index (χ4v) is 1.95. The second-order valence-corrected chi connectivity index (χ2v) is 5.11. The molecule has 0 unspecified atom stereocenters. The Morgan fingerprint density at radius 2 is 1.68 bits per heavy atom. The van der Waals surface area contributed by atoms with E-state index in [4.69, 9.17) is 0 Å². The first-order valence-corrected chi connectivity index (χ1v) is 6.97. The molecule has 0 spiro atoms. The minimum Gasteiger partial charge on any atom is -0.378 e. The van der Waals surface area contributed by atoms with E-state index >= 15 is 0 Å². The Balaban J connectivity index is 1.90. The van der Waals surface area contributed by atoms with Crippen molar-refractivity contribution in [2.45, 2.75) is 6.42 Å². The number of carbonyl (C=O) groups is 2. The van der Waals surface area contributed by atoms with Crippen molar-refractivity contribution >= 4 is 17.5 Å². The summed E-state index contributed by atoms with van der Waals surface area (Å²) in [4.78, 5) is 25.7. The zero-order valence-corrected chi connectivity index (χ0v) is 12.7. The van der Waals surface area contributed by atoms with Crippen molar-refractivity contribution in [1.29, 1.82) is 0 Å². The molecule has 0 bridgehead atoms. The van der Waals surface area contributed by atoms with Crippen LogP contribution in [0.4, 0.5) is 5.69 Å². The summed E-state index contributed by atoms with van der Waals surface area (Å²) in [6, 6.07) is 16.5. The first-order valence-electron chi connectivity index (χ1n) is 6.97. The number of carbonyl (C=O) groups excluding carboxylic acids is 2. The lowest BCUT2D eigenvalue weighted by atomic mass is 10.1. The highest BCUT2D eigenvalue weighted by molar-refractivity contribution is 5.96. The fourth-order valence-electron chi connectivity index (χ4n) is 1.95. The topological polar surface area (TPSA) is 61.4 Å². The normalized spacial score (nSPS) is 9.91. The number of rotatable bonds is 4. The van der Waals surface area contributed by atoms with Gasteiger partial charge in [-0.25, -0.2) is 0 Å². The van der Waals surface area contributed by atoms with Crippen LogP contribution in [0.5, 0.6) is 0 Å². The second-order valence-electron chi connectivity index (χ2n) is 5.11. The van der Waals surface area contributed by atoms with E-state index < -0.39 is 0 Å². The van der Waals surface area contributed by atoms with E-state index in [0.717, 1.165) is 11.3 Å². The summed E-state index contributed by atoms with van der Waals surface area (Å²) in [6.45, 7) is 0. The Morgan fingerprint density at radius 3 is 2.36 bits per heavy atom. The molecule has 0 aliphatic carbocycles. The van der Waals surface area contributed by atoms with Gasteiger partial charge in [0, 0.05) is 25.3 Å². The van der Waals surface area contributed by atoms with Crippen LogP contribution < -0.4 is 15.8 Å². The Bertz CT molecular complexity index is 654. The molecule has 2 amide bonds. The molecule has 2 N–H and O–H groups in total. The van der Waals surface area contributed by atoms with Crippen LogP contribution in [0.2, 0.25) is 0 Å². The van der Waals surface area contributed by atoms with E-state index in [1.54, 1.807) is 18.2 Å². The molecule has 0 atom stereocenters. The third-order valence-electron chi connectivity index (χ3n) is 3.15. The summed E-state index contributed by atoms with van der Waals surface area (Å²) in [7, 11) is 3.80. The lowest BCUT2D eigenvalue weighted by Crippen LogP contribution is -2.42. The van der Waals surface area contributed by atoms with Crippen molar-refractivity contribution < 1.29 is 9.59 Å². The minimum absolute atomic E-state index is 0.221. The monoisotopic (exact) mass is 297 g/mol. The maximum absolute atomic E-state index is 12.0. The zero-order chi connectivity index (χ0) is 15.9. The Morgan fingerprint density at radius 1 is 0.955 bits per heavy atom. The molecule has 114 valence electrons. The number of anilines is 1. The minimum atomic E-state index is -0.342. The summed E-state index contributed by atoms with van der Waals surface area (Å²) >= 11 is 0. The number of nitrogens with one attached hydrogen (secondary N) is 2. The van der Waals surface area contributed by atoms with Gasteiger partial charge in [0.05, 0.1) is 6.42 Å². The molecule has 0 aromatic heterocycles. The van der Waals surface area contributed by atoms with Crippen LogP contribution in [-0.2, 0) is 11.2 Å². The van der Waals surface area contributed by atoms with Gasteiger partial charge < -0.3 is 4.90 Å². The molecule has 0 aliphatic rings. The van der Waals surface area contributed by atoms with Crippen LogP contribution in [0.25, 0.3) is 0 Å². The summed E-state index contributed by atoms with van der Waals surface area (Å²) in [6.07, 6.45) is 0.221. The summed E-state index contributed by atoms with van der Waals surface area (Å²) < 4.78 is 0. The standard InChI is InChI=1S/C17H19N3O2/c1-20(2)15-10-6-9-14(12-15)17(22)19-18-16(21)11-13-7-4-3-5-8-13/h3-10,12H,11H2,1-2H3,(H,18,21)(H,19,22). The number of nitrogens with zero attached hydrogens (tertiary/aromatic N) is 1. The summed E-state index contributed by atoms with van der Waals surface area (Å²) in [5.41, 5.74) is 7.16. The lowest BCUT2D eigenvalue weighted by molar-refractivity contribution is -0.121. The van der Waals surface area contributed by atoms with E-state index in [1.165, 1.54) is 0 Å². The van der Waals surface area contributed by atoms with Gasteiger partial charge in [-0.2, -0.15) is 0 Å². The van der Waals surface area contributed by atoms with Gasteiger partial charge in [-0.05, 0) is 23.8 Å². The van der Waals surface area contributed by atoms with E-state index in [1.807, 2.05) is 55.4 Å². The van der Waals surface area contributed by atoms with Crippen molar-refractivity contribution in [3.8, 4) is 0 Å². The maximum Gasteiger partial charge on any atom is 0.269 e. The molecule has 0 fully saturated rings. The Labute approximate surface area is 129 Å². The third-order valence-corrected chi connectivity index (χ3v) is 3.15. The maximum atomic E-state index is 12.0. The first kappa shape index (κ1) is 15.6. The Kier molecular flexibility index (Phi) is 5.14. The number of benzene rings is 2. The fraction of sp³-hybridized carbons (Fsp3) is 0.176. The number of amides is 2.